The second-order valence-corrected chi connectivity index (χ2v) is 13.3. The van der Waals surface area contributed by atoms with Gasteiger partial charge in [0, 0.05) is 43.4 Å². The lowest BCUT2D eigenvalue weighted by Crippen LogP contribution is -2.34. The number of nitrogens with zero attached hydrogens (tertiary/aromatic N) is 1. The van der Waals surface area contributed by atoms with Crippen LogP contribution in [0, 0.1) is 47.1 Å². The SMILES string of the molecule is CC(=O)OC(C)(C)C1=C(C)C(=O)Cc2c(C)c(CCCc3c(C)c(C)c4c(c3C)CC(=O)C(C)=C4C(C)=[N+]=N)c(C)c(C)c21. The molecule has 0 bridgehead atoms. The first kappa shape index (κ1) is 33.0. The number of carbonyl (C=O) groups excluding carboxylic acids is 3. The van der Waals surface area contributed by atoms with Crippen LogP contribution in [0.2, 0.25) is 0 Å². The van der Waals surface area contributed by atoms with Crippen LogP contribution in [-0.4, -0.2) is 33.6 Å². The molecule has 0 saturated heterocycles. The Morgan fingerprint density at radius 1 is 0.727 bits per heavy atom. The van der Waals surface area contributed by atoms with Gasteiger partial charge >= 0.3 is 11.7 Å². The van der Waals surface area contributed by atoms with E-state index in [1.807, 2.05) is 34.6 Å². The van der Waals surface area contributed by atoms with Gasteiger partial charge in [-0.15, -0.1) is 0 Å². The molecule has 0 amide bonds. The molecule has 232 valence electrons. The fraction of sp³-hybridized carbons (Fsp3) is 0.474. The van der Waals surface area contributed by atoms with Gasteiger partial charge in [-0.25, -0.2) is 0 Å². The summed E-state index contributed by atoms with van der Waals surface area (Å²) >= 11 is 0. The van der Waals surface area contributed by atoms with Gasteiger partial charge in [-0.2, -0.15) is 0 Å². The van der Waals surface area contributed by atoms with E-state index in [0.29, 0.717) is 29.7 Å². The summed E-state index contributed by atoms with van der Waals surface area (Å²) in [6.07, 6.45) is 3.41. The molecule has 2 aromatic carbocycles. The van der Waals surface area contributed by atoms with Crippen LogP contribution in [-0.2, 0) is 44.8 Å². The maximum absolute atomic E-state index is 13.3. The highest BCUT2D eigenvalue weighted by molar-refractivity contribution is 6.28. The summed E-state index contributed by atoms with van der Waals surface area (Å²) in [6.45, 7) is 23.5. The molecule has 0 heterocycles. The monoisotopic (exact) mass is 595 g/mol. The van der Waals surface area contributed by atoms with Gasteiger partial charge in [0.25, 0.3) is 0 Å². The van der Waals surface area contributed by atoms with Crippen molar-refractivity contribution in [1.29, 1.82) is 5.53 Å². The molecule has 2 aliphatic carbocycles. The fourth-order valence-corrected chi connectivity index (χ4v) is 7.80. The molecule has 4 rings (SSSR count). The summed E-state index contributed by atoms with van der Waals surface area (Å²) in [5, 5.41) is 0. The zero-order valence-electron chi connectivity index (χ0n) is 28.6. The minimum absolute atomic E-state index is 0.0738. The van der Waals surface area contributed by atoms with Crippen molar-refractivity contribution in [1.82, 2.24) is 0 Å². The van der Waals surface area contributed by atoms with Gasteiger partial charge in [-0.3, -0.25) is 14.4 Å². The van der Waals surface area contributed by atoms with Crippen molar-refractivity contribution >= 4 is 34.4 Å². The maximum atomic E-state index is 13.3. The third-order valence-corrected chi connectivity index (χ3v) is 10.3. The molecule has 0 spiro atoms. The van der Waals surface area contributed by atoms with Crippen LogP contribution in [0.15, 0.2) is 11.1 Å². The minimum atomic E-state index is -0.925. The Hall–Kier alpha value is -3.89. The van der Waals surface area contributed by atoms with E-state index in [-0.39, 0.29) is 17.5 Å². The number of Topliss-reactive ketones (excluding diaryl/α,β-unsaturated/α-hetero) is 2. The fourth-order valence-electron chi connectivity index (χ4n) is 7.80. The lowest BCUT2D eigenvalue weighted by Gasteiger charge is -2.36. The zero-order chi connectivity index (χ0) is 33.0. The Labute approximate surface area is 262 Å². The standard InChI is InChI=1S/C38H47N2O4/c1-18-20(3)35-30(16-32(42)24(7)34(35)26(9)40-39)22(5)28(18)14-13-15-29-19(2)21(4)36-31(23(29)6)17-33(43)25(8)37(36)38(11,12)44-27(10)41/h39H,13-17H2,1-12H3/q+1. The van der Waals surface area contributed by atoms with Gasteiger partial charge in [0.1, 0.15) is 5.60 Å². The predicted octanol–water partition coefficient (Wildman–Crippen LogP) is 7.55. The van der Waals surface area contributed by atoms with E-state index in [2.05, 4.69) is 46.3 Å². The van der Waals surface area contributed by atoms with Crippen molar-refractivity contribution in [3.05, 3.63) is 77.9 Å². The first-order chi connectivity index (χ1) is 20.5. The van der Waals surface area contributed by atoms with Crippen molar-refractivity contribution in [2.75, 3.05) is 0 Å². The maximum Gasteiger partial charge on any atom is 0.346 e. The number of benzene rings is 2. The average molecular weight is 596 g/mol. The number of hydrogen-bond acceptors (Lipinski definition) is 5. The van der Waals surface area contributed by atoms with Crippen LogP contribution in [0.25, 0.3) is 11.1 Å². The molecule has 1 N–H and O–H groups in total. The normalized spacial score (nSPS) is 14.9. The Morgan fingerprint density at radius 2 is 1.18 bits per heavy atom. The van der Waals surface area contributed by atoms with Crippen LogP contribution >= 0.6 is 0 Å². The number of allylic oxidation sites excluding steroid dienone is 3. The average Bonchev–Trinajstić information content (AvgIpc) is 2.94. The Bertz CT molecular complexity index is 1770. The second kappa shape index (κ2) is 11.9. The molecule has 0 saturated carbocycles. The van der Waals surface area contributed by atoms with E-state index in [9.17, 15) is 14.4 Å². The molecule has 0 radical (unpaired) electrons. The number of carbonyl (C=O) groups is 3. The molecule has 6 heteroatoms. The summed E-state index contributed by atoms with van der Waals surface area (Å²) in [6, 6.07) is 0. The first-order valence-corrected chi connectivity index (χ1v) is 15.6. The van der Waals surface area contributed by atoms with Crippen LogP contribution < -0.4 is 0 Å². The lowest BCUT2D eigenvalue weighted by molar-refractivity contribution is -0.149. The number of nitrogens with one attached hydrogen (secondary N) is 1. The molecule has 0 fully saturated rings. The topological polar surface area (TPSA) is 98.4 Å². The van der Waals surface area contributed by atoms with E-state index in [4.69, 9.17) is 10.3 Å². The molecule has 0 unspecified atom stereocenters. The van der Waals surface area contributed by atoms with Crippen LogP contribution in [0.5, 0.6) is 0 Å². The minimum Gasteiger partial charge on any atom is -0.455 e. The first-order valence-electron chi connectivity index (χ1n) is 15.6. The van der Waals surface area contributed by atoms with Gasteiger partial charge in [0.15, 0.2) is 11.6 Å². The van der Waals surface area contributed by atoms with E-state index < -0.39 is 5.60 Å². The van der Waals surface area contributed by atoms with E-state index >= 15 is 0 Å². The smallest absolute Gasteiger partial charge is 0.346 e. The lowest BCUT2D eigenvalue weighted by atomic mass is 9.72. The number of rotatable bonds is 7. The molecule has 0 atom stereocenters. The molecule has 0 aliphatic heterocycles. The van der Waals surface area contributed by atoms with E-state index in [1.165, 1.54) is 29.2 Å². The summed E-state index contributed by atoms with van der Waals surface area (Å²) < 4.78 is 5.75. The number of fused-ring (bicyclic) bond motifs is 2. The second-order valence-electron chi connectivity index (χ2n) is 13.3. The number of ketones is 2. The number of ether oxygens (including phenoxy) is 1. The van der Waals surface area contributed by atoms with Gasteiger partial charge in [0.2, 0.25) is 0 Å². The summed E-state index contributed by atoms with van der Waals surface area (Å²) in [4.78, 5) is 42.0. The van der Waals surface area contributed by atoms with Gasteiger partial charge < -0.3 is 4.74 Å². The third kappa shape index (κ3) is 5.34. The van der Waals surface area contributed by atoms with Crippen LogP contribution in [0.1, 0.15) is 115 Å². The van der Waals surface area contributed by atoms with Crippen molar-refractivity contribution in [2.45, 2.75) is 121 Å². The van der Waals surface area contributed by atoms with Crippen molar-refractivity contribution < 1.29 is 23.9 Å². The predicted molar refractivity (Wildman–Crippen MR) is 175 cm³/mol. The molecule has 6 nitrogen and oxygen atoms in total. The summed E-state index contributed by atoms with van der Waals surface area (Å²) in [7, 11) is 0. The summed E-state index contributed by atoms with van der Waals surface area (Å²) in [5.41, 5.74) is 24.1. The van der Waals surface area contributed by atoms with Crippen molar-refractivity contribution in [2.24, 2.45) is 0 Å². The number of esters is 1. The quantitative estimate of drug-likeness (QED) is 0.155. The molecule has 2 aromatic rings. The number of hydrogen-bond donors (Lipinski definition) is 1. The van der Waals surface area contributed by atoms with Crippen molar-refractivity contribution in [3.63, 3.8) is 0 Å². The molecule has 2 aliphatic rings. The van der Waals surface area contributed by atoms with Gasteiger partial charge in [-0.1, -0.05) is 0 Å². The Balaban J connectivity index is 1.74. The van der Waals surface area contributed by atoms with Crippen molar-refractivity contribution in [3.8, 4) is 0 Å². The Morgan fingerprint density at radius 3 is 1.66 bits per heavy atom. The molecular formula is C38H47N2O4+. The highest BCUT2D eigenvalue weighted by Gasteiger charge is 2.38. The molecule has 0 aromatic heterocycles. The molecular weight excluding hydrogens is 548 g/mol. The largest absolute Gasteiger partial charge is 0.455 e. The highest BCUT2D eigenvalue weighted by Crippen LogP contribution is 2.44. The van der Waals surface area contributed by atoms with E-state index in [0.717, 1.165) is 74.9 Å². The highest BCUT2D eigenvalue weighted by atomic mass is 16.6. The Kier molecular flexibility index (Phi) is 8.92. The van der Waals surface area contributed by atoms with Gasteiger partial charge in [0.05, 0.1) is 15.9 Å². The van der Waals surface area contributed by atoms with Gasteiger partial charge in [-0.05, 0) is 155 Å². The summed E-state index contributed by atoms with van der Waals surface area (Å²) in [5.74, 6) is -0.199. The third-order valence-electron chi connectivity index (χ3n) is 10.3. The van der Waals surface area contributed by atoms with Crippen LogP contribution in [0.4, 0.5) is 0 Å². The van der Waals surface area contributed by atoms with Crippen LogP contribution in [0.3, 0.4) is 0 Å². The molecule has 44 heavy (non-hydrogen) atoms. The van der Waals surface area contributed by atoms with E-state index in [1.54, 1.807) is 0 Å². The zero-order valence-corrected chi connectivity index (χ0v) is 28.6.